The van der Waals surface area contributed by atoms with Gasteiger partial charge in [0.25, 0.3) is 0 Å². The lowest BCUT2D eigenvalue weighted by Crippen LogP contribution is -2.29. The Balaban J connectivity index is 2.52. The summed E-state index contributed by atoms with van der Waals surface area (Å²) in [5, 5.41) is 15.8. The van der Waals surface area contributed by atoms with Gasteiger partial charge >= 0.3 is 0 Å². The van der Waals surface area contributed by atoms with E-state index in [4.69, 9.17) is 23.2 Å². The van der Waals surface area contributed by atoms with Crippen LogP contribution in [0.5, 0.6) is 0 Å². The molecule has 6 heteroatoms. The largest absolute Gasteiger partial charge is 0.386 e. The Hall–Kier alpha value is -1.36. The second kappa shape index (κ2) is 6.18. The van der Waals surface area contributed by atoms with E-state index in [1.807, 2.05) is 20.8 Å². The molecule has 0 aliphatic rings. The monoisotopic (exact) mass is 325 g/mol. The van der Waals surface area contributed by atoms with Crippen LogP contribution in [0.4, 0.5) is 0 Å². The Morgan fingerprint density at radius 3 is 2.57 bits per heavy atom. The van der Waals surface area contributed by atoms with Crippen molar-refractivity contribution in [2.75, 3.05) is 0 Å². The quantitative estimate of drug-likeness (QED) is 0.928. The normalized spacial score (nSPS) is 14.3. The first-order valence-electron chi connectivity index (χ1n) is 6.49. The summed E-state index contributed by atoms with van der Waals surface area (Å²) < 4.78 is 1.54. The molecule has 4 nitrogen and oxygen atoms in total. The molecule has 2 aromatic rings. The van der Waals surface area contributed by atoms with Crippen molar-refractivity contribution in [3.63, 3.8) is 0 Å². The van der Waals surface area contributed by atoms with E-state index in [0.717, 1.165) is 5.56 Å². The molecule has 0 aliphatic carbocycles. The number of hydrogen-bond donors (Lipinski definition) is 1. The maximum Gasteiger partial charge on any atom is 0.138 e. The van der Waals surface area contributed by atoms with Gasteiger partial charge in [0, 0.05) is 10.0 Å². The molecule has 0 aliphatic heterocycles. The minimum atomic E-state index is -0.731. The SMILES string of the molecule is CC(C)(C)[C@H](O)/C(=C/c1ccc(Cl)cc1Cl)n1cncn1. The van der Waals surface area contributed by atoms with Gasteiger partial charge in [0.1, 0.15) is 18.8 Å². The fraction of sp³-hybridized carbons (Fsp3) is 0.333. The third-order valence-corrected chi connectivity index (χ3v) is 3.61. The second-order valence-corrected chi connectivity index (χ2v) is 6.69. The number of hydrogen-bond acceptors (Lipinski definition) is 3. The number of aromatic nitrogens is 3. The summed E-state index contributed by atoms with van der Waals surface area (Å²) in [7, 11) is 0. The number of rotatable bonds is 3. The van der Waals surface area contributed by atoms with Gasteiger partial charge in [0.05, 0.1) is 5.70 Å². The number of benzene rings is 1. The molecule has 1 aromatic carbocycles. The third-order valence-electron chi connectivity index (χ3n) is 3.05. The summed E-state index contributed by atoms with van der Waals surface area (Å²) in [5.74, 6) is 0. The van der Waals surface area contributed by atoms with Gasteiger partial charge in [-0.1, -0.05) is 50.0 Å². The first kappa shape index (κ1) is 16.0. The van der Waals surface area contributed by atoms with E-state index in [-0.39, 0.29) is 5.41 Å². The van der Waals surface area contributed by atoms with E-state index < -0.39 is 6.10 Å². The van der Waals surface area contributed by atoms with Crippen molar-refractivity contribution in [2.45, 2.75) is 26.9 Å². The molecular weight excluding hydrogens is 309 g/mol. The van der Waals surface area contributed by atoms with E-state index >= 15 is 0 Å². The molecule has 0 saturated heterocycles. The van der Waals surface area contributed by atoms with Crippen molar-refractivity contribution in [2.24, 2.45) is 5.41 Å². The fourth-order valence-electron chi connectivity index (χ4n) is 1.83. The molecule has 0 saturated carbocycles. The van der Waals surface area contributed by atoms with Crippen LogP contribution in [-0.4, -0.2) is 26.0 Å². The zero-order chi connectivity index (χ0) is 15.6. The average molecular weight is 326 g/mol. The van der Waals surface area contributed by atoms with Crippen molar-refractivity contribution >= 4 is 35.0 Å². The maximum atomic E-state index is 10.6. The predicted octanol–water partition coefficient (Wildman–Crippen LogP) is 3.99. The highest BCUT2D eigenvalue weighted by Crippen LogP contribution is 2.30. The molecule has 0 radical (unpaired) electrons. The van der Waals surface area contributed by atoms with Crippen LogP contribution in [0.15, 0.2) is 30.9 Å². The molecule has 0 bridgehead atoms. The fourth-order valence-corrected chi connectivity index (χ4v) is 2.30. The van der Waals surface area contributed by atoms with Crippen molar-refractivity contribution in [3.8, 4) is 0 Å². The van der Waals surface area contributed by atoms with Gasteiger partial charge in [-0.2, -0.15) is 5.10 Å². The highest BCUT2D eigenvalue weighted by atomic mass is 35.5. The second-order valence-electron chi connectivity index (χ2n) is 5.84. The van der Waals surface area contributed by atoms with Crippen molar-refractivity contribution in [1.82, 2.24) is 14.8 Å². The van der Waals surface area contributed by atoms with Crippen molar-refractivity contribution in [3.05, 3.63) is 46.5 Å². The average Bonchev–Trinajstić information content (AvgIpc) is 2.90. The number of aliphatic hydroxyl groups is 1. The minimum absolute atomic E-state index is 0.351. The highest BCUT2D eigenvalue weighted by Gasteiger charge is 2.27. The molecule has 2 rings (SSSR count). The van der Waals surface area contributed by atoms with Crippen LogP contribution < -0.4 is 0 Å². The zero-order valence-electron chi connectivity index (χ0n) is 12.1. The highest BCUT2D eigenvalue weighted by molar-refractivity contribution is 6.35. The summed E-state index contributed by atoms with van der Waals surface area (Å²) in [6, 6.07) is 5.22. The molecular formula is C15H17Cl2N3O. The zero-order valence-corrected chi connectivity index (χ0v) is 13.6. The Morgan fingerprint density at radius 2 is 2.05 bits per heavy atom. The van der Waals surface area contributed by atoms with Crippen molar-refractivity contribution in [1.29, 1.82) is 0 Å². The summed E-state index contributed by atoms with van der Waals surface area (Å²) >= 11 is 12.1. The van der Waals surface area contributed by atoms with Gasteiger partial charge in [0.2, 0.25) is 0 Å². The molecule has 0 spiro atoms. The van der Waals surface area contributed by atoms with Gasteiger partial charge < -0.3 is 5.11 Å². The number of aliphatic hydroxyl groups excluding tert-OH is 1. The standard InChI is InChI=1S/C15H17Cl2N3O/c1-15(2,3)14(21)13(20-9-18-8-19-20)6-10-4-5-11(16)7-12(10)17/h4-9,14,21H,1-3H3/b13-6-/t14-/m1/s1. The van der Waals surface area contributed by atoms with Crippen LogP contribution in [0.3, 0.4) is 0 Å². The first-order chi connectivity index (χ1) is 9.79. The molecule has 0 amide bonds. The lowest BCUT2D eigenvalue weighted by Gasteiger charge is -2.28. The molecule has 1 aromatic heterocycles. The maximum absolute atomic E-state index is 10.6. The van der Waals surface area contributed by atoms with Crippen LogP contribution in [0.2, 0.25) is 10.0 Å². The number of halogens is 2. The predicted molar refractivity (Wildman–Crippen MR) is 86.1 cm³/mol. The van der Waals surface area contributed by atoms with Gasteiger partial charge in [-0.15, -0.1) is 0 Å². The topological polar surface area (TPSA) is 50.9 Å². The van der Waals surface area contributed by atoms with Crippen LogP contribution in [-0.2, 0) is 0 Å². The van der Waals surface area contributed by atoms with Crippen molar-refractivity contribution < 1.29 is 5.11 Å². The molecule has 0 fully saturated rings. The first-order valence-corrected chi connectivity index (χ1v) is 7.24. The third kappa shape index (κ3) is 3.84. The minimum Gasteiger partial charge on any atom is -0.386 e. The summed E-state index contributed by atoms with van der Waals surface area (Å²) in [6.07, 6.45) is 4.03. The Labute approximate surface area is 134 Å². The van der Waals surface area contributed by atoms with E-state index in [1.165, 1.54) is 6.33 Å². The molecule has 112 valence electrons. The van der Waals surface area contributed by atoms with Gasteiger partial charge in [0.15, 0.2) is 0 Å². The lowest BCUT2D eigenvalue weighted by molar-refractivity contribution is 0.109. The van der Waals surface area contributed by atoms with Crippen LogP contribution in [0.25, 0.3) is 11.8 Å². The summed E-state index contributed by atoms with van der Waals surface area (Å²) in [6.45, 7) is 5.85. The molecule has 1 heterocycles. The Kier molecular flexibility index (Phi) is 4.71. The van der Waals surface area contributed by atoms with E-state index in [2.05, 4.69) is 10.1 Å². The number of nitrogens with zero attached hydrogens (tertiary/aromatic N) is 3. The Morgan fingerprint density at radius 1 is 1.33 bits per heavy atom. The smallest absolute Gasteiger partial charge is 0.138 e. The molecule has 21 heavy (non-hydrogen) atoms. The van der Waals surface area contributed by atoms with Crippen LogP contribution >= 0.6 is 23.2 Å². The summed E-state index contributed by atoms with van der Waals surface area (Å²) in [5.41, 5.74) is 1.01. The van der Waals surface area contributed by atoms with Gasteiger partial charge in [-0.05, 0) is 29.2 Å². The van der Waals surface area contributed by atoms with E-state index in [1.54, 1.807) is 35.3 Å². The summed E-state index contributed by atoms with van der Waals surface area (Å²) in [4.78, 5) is 3.93. The Bertz CT molecular complexity index is 645. The van der Waals surface area contributed by atoms with Crippen LogP contribution in [0, 0.1) is 5.41 Å². The van der Waals surface area contributed by atoms with Gasteiger partial charge in [-0.25, -0.2) is 9.67 Å². The van der Waals surface area contributed by atoms with E-state index in [9.17, 15) is 5.11 Å². The van der Waals surface area contributed by atoms with Crippen LogP contribution in [0.1, 0.15) is 26.3 Å². The lowest BCUT2D eigenvalue weighted by atomic mass is 9.86. The van der Waals surface area contributed by atoms with E-state index in [0.29, 0.717) is 15.7 Å². The molecule has 0 unspecified atom stereocenters. The molecule has 1 atom stereocenters. The molecule has 1 N–H and O–H groups in total. The van der Waals surface area contributed by atoms with Gasteiger partial charge in [-0.3, -0.25) is 0 Å².